The highest BCUT2D eigenvalue weighted by Crippen LogP contribution is 2.24. The molecule has 0 fully saturated rings. The van der Waals surface area contributed by atoms with Gasteiger partial charge in [0.2, 0.25) is 0 Å². The number of rotatable bonds is 3. The minimum Gasteiger partial charge on any atom is -0.465 e. The van der Waals surface area contributed by atoms with E-state index in [1.54, 1.807) is 6.08 Å². The van der Waals surface area contributed by atoms with Gasteiger partial charge in [-0.25, -0.2) is 14.8 Å². The Morgan fingerprint density at radius 1 is 1.50 bits per heavy atom. The lowest BCUT2D eigenvalue weighted by Crippen LogP contribution is -2.05. The highest BCUT2D eigenvalue weighted by molar-refractivity contribution is 7.11. The molecule has 2 aromatic heterocycles. The molecule has 0 aromatic carbocycles. The number of carbonyl (C=O) groups excluding carboxylic acids is 1. The van der Waals surface area contributed by atoms with E-state index in [4.69, 9.17) is 11.6 Å². The molecule has 0 bridgehead atoms. The Hall–Kier alpha value is -1.72. The van der Waals surface area contributed by atoms with Crippen molar-refractivity contribution in [3.8, 4) is 0 Å². The minimum absolute atomic E-state index is 0.323. The minimum atomic E-state index is -0.465. The number of halogens is 1. The third-order valence-electron chi connectivity index (χ3n) is 2.19. The smallest absolute Gasteiger partial charge is 0.341 e. The molecule has 0 amide bonds. The molecule has 4 nitrogen and oxygen atoms in total. The average molecular weight is 281 g/mol. The first-order valence-electron chi connectivity index (χ1n) is 5.01. The lowest BCUT2D eigenvalue weighted by Gasteiger charge is -2.01. The van der Waals surface area contributed by atoms with Gasteiger partial charge in [-0.2, -0.15) is 0 Å². The van der Waals surface area contributed by atoms with Gasteiger partial charge in [0, 0.05) is 11.1 Å². The first-order valence-corrected chi connectivity index (χ1v) is 6.27. The normalized spacial score (nSPS) is 10.8. The van der Waals surface area contributed by atoms with Crippen molar-refractivity contribution >= 4 is 41.1 Å². The van der Waals surface area contributed by atoms with Crippen molar-refractivity contribution in [2.75, 3.05) is 7.11 Å². The zero-order valence-corrected chi connectivity index (χ0v) is 11.0. The van der Waals surface area contributed by atoms with Gasteiger partial charge in [0.25, 0.3) is 0 Å². The summed E-state index contributed by atoms with van der Waals surface area (Å²) in [4.78, 5) is 20.3. The standard InChI is InChI=1S/C12H9ClN2O2S/c1-17-12(16)8-6-14-7-15-10(8)2-3-11-9(13)4-5-18-11/h2-7H,1H3. The topological polar surface area (TPSA) is 52.1 Å². The maximum absolute atomic E-state index is 11.5. The number of aromatic nitrogens is 2. The second kappa shape index (κ2) is 5.75. The molecule has 0 radical (unpaired) electrons. The van der Waals surface area contributed by atoms with Crippen molar-refractivity contribution in [3.05, 3.63) is 45.1 Å². The van der Waals surface area contributed by atoms with Crippen LogP contribution in [-0.4, -0.2) is 23.0 Å². The summed E-state index contributed by atoms with van der Waals surface area (Å²) >= 11 is 7.48. The molecule has 0 atom stereocenters. The molecule has 2 heterocycles. The summed E-state index contributed by atoms with van der Waals surface area (Å²) in [6.07, 6.45) is 6.32. The zero-order chi connectivity index (χ0) is 13.0. The van der Waals surface area contributed by atoms with Crippen molar-refractivity contribution in [1.82, 2.24) is 9.97 Å². The highest BCUT2D eigenvalue weighted by atomic mass is 35.5. The van der Waals surface area contributed by atoms with Crippen molar-refractivity contribution in [3.63, 3.8) is 0 Å². The predicted octanol–water partition coefficient (Wildman–Crippen LogP) is 3.15. The van der Waals surface area contributed by atoms with Crippen LogP contribution in [0.4, 0.5) is 0 Å². The third kappa shape index (κ3) is 2.75. The predicted molar refractivity (Wildman–Crippen MR) is 71.6 cm³/mol. The Kier molecular flexibility index (Phi) is 4.07. The molecule has 18 heavy (non-hydrogen) atoms. The lowest BCUT2D eigenvalue weighted by atomic mass is 10.2. The van der Waals surface area contributed by atoms with Gasteiger partial charge >= 0.3 is 5.97 Å². The van der Waals surface area contributed by atoms with Crippen molar-refractivity contribution < 1.29 is 9.53 Å². The van der Waals surface area contributed by atoms with Gasteiger partial charge < -0.3 is 4.74 Å². The summed E-state index contributed by atoms with van der Waals surface area (Å²) in [5, 5.41) is 2.56. The number of hydrogen-bond donors (Lipinski definition) is 0. The van der Waals surface area contributed by atoms with Crippen LogP contribution in [0.25, 0.3) is 12.2 Å². The summed E-state index contributed by atoms with van der Waals surface area (Å²) in [5.74, 6) is -0.465. The molecule has 0 aliphatic rings. The quantitative estimate of drug-likeness (QED) is 0.811. The number of ether oxygens (including phenoxy) is 1. The number of carbonyl (C=O) groups is 1. The molecule has 0 aliphatic carbocycles. The first-order chi connectivity index (χ1) is 8.72. The Balaban J connectivity index is 2.32. The van der Waals surface area contributed by atoms with E-state index >= 15 is 0 Å². The number of esters is 1. The van der Waals surface area contributed by atoms with Crippen molar-refractivity contribution in [2.45, 2.75) is 0 Å². The number of nitrogens with zero attached hydrogens (tertiary/aromatic N) is 2. The Morgan fingerprint density at radius 3 is 3.00 bits per heavy atom. The molecule has 0 saturated heterocycles. The van der Waals surface area contributed by atoms with E-state index < -0.39 is 5.97 Å². The Labute approximate surface area is 113 Å². The van der Waals surface area contributed by atoms with Gasteiger partial charge in [0.1, 0.15) is 11.9 Å². The summed E-state index contributed by atoms with van der Waals surface area (Å²) in [6.45, 7) is 0. The van der Waals surface area contributed by atoms with Crippen molar-refractivity contribution in [1.29, 1.82) is 0 Å². The van der Waals surface area contributed by atoms with E-state index in [1.807, 2.05) is 17.5 Å². The first kappa shape index (κ1) is 12.7. The van der Waals surface area contributed by atoms with Crippen LogP contribution in [-0.2, 0) is 4.74 Å². The van der Waals surface area contributed by atoms with Crippen molar-refractivity contribution in [2.24, 2.45) is 0 Å². The van der Waals surface area contributed by atoms with Crippen LogP contribution in [0.2, 0.25) is 5.02 Å². The Morgan fingerprint density at radius 2 is 2.33 bits per heavy atom. The lowest BCUT2D eigenvalue weighted by molar-refractivity contribution is 0.0599. The molecule has 2 rings (SSSR count). The van der Waals surface area contributed by atoms with Gasteiger partial charge in [-0.1, -0.05) is 11.6 Å². The molecule has 2 aromatic rings. The fourth-order valence-electron chi connectivity index (χ4n) is 1.32. The van der Waals surface area contributed by atoms with Gasteiger partial charge in [0.05, 0.1) is 17.8 Å². The maximum Gasteiger partial charge on any atom is 0.341 e. The highest BCUT2D eigenvalue weighted by Gasteiger charge is 2.11. The molecule has 92 valence electrons. The SMILES string of the molecule is COC(=O)c1cncnc1C=Cc1sccc1Cl. The van der Waals surface area contributed by atoms with Crippen LogP contribution >= 0.6 is 22.9 Å². The molecule has 0 spiro atoms. The maximum atomic E-state index is 11.5. The summed E-state index contributed by atoms with van der Waals surface area (Å²) < 4.78 is 4.66. The summed E-state index contributed by atoms with van der Waals surface area (Å²) in [5.41, 5.74) is 0.824. The van der Waals surface area contributed by atoms with Gasteiger partial charge in [-0.05, 0) is 23.6 Å². The summed E-state index contributed by atoms with van der Waals surface area (Å²) in [6, 6.07) is 1.81. The number of thiophene rings is 1. The molecular formula is C12H9ClN2O2S. The average Bonchev–Trinajstić information content (AvgIpc) is 2.81. The summed E-state index contributed by atoms with van der Waals surface area (Å²) in [7, 11) is 1.32. The molecular weight excluding hydrogens is 272 g/mol. The molecule has 0 unspecified atom stereocenters. The van der Waals surface area contributed by atoms with E-state index in [9.17, 15) is 4.79 Å². The molecule has 0 aliphatic heterocycles. The largest absolute Gasteiger partial charge is 0.465 e. The molecule has 0 N–H and O–H groups in total. The van der Waals surface area contributed by atoms with Crippen LogP contribution in [0.1, 0.15) is 20.9 Å². The number of hydrogen-bond acceptors (Lipinski definition) is 5. The molecule has 0 saturated carbocycles. The van der Waals surface area contributed by atoms with E-state index in [-0.39, 0.29) is 0 Å². The zero-order valence-electron chi connectivity index (χ0n) is 9.46. The van der Waals surface area contributed by atoms with E-state index in [0.717, 1.165) is 4.88 Å². The fraction of sp³-hybridized carbons (Fsp3) is 0.0833. The number of methoxy groups -OCH3 is 1. The second-order valence-corrected chi connectivity index (χ2v) is 4.63. The molecule has 6 heteroatoms. The van der Waals surface area contributed by atoms with E-state index in [0.29, 0.717) is 16.3 Å². The van der Waals surface area contributed by atoms with Crippen LogP contribution in [0.3, 0.4) is 0 Å². The van der Waals surface area contributed by atoms with Gasteiger partial charge in [0.15, 0.2) is 0 Å². The van der Waals surface area contributed by atoms with Crippen LogP contribution < -0.4 is 0 Å². The second-order valence-electron chi connectivity index (χ2n) is 3.28. The van der Waals surface area contributed by atoms with Crippen LogP contribution in [0.5, 0.6) is 0 Å². The van der Waals surface area contributed by atoms with E-state index in [2.05, 4.69) is 14.7 Å². The van der Waals surface area contributed by atoms with Gasteiger partial charge in [-0.3, -0.25) is 0 Å². The Bertz CT molecular complexity index is 595. The monoisotopic (exact) mass is 280 g/mol. The van der Waals surface area contributed by atoms with Crippen LogP contribution in [0.15, 0.2) is 24.0 Å². The van der Waals surface area contributed by atoms with Gasteiger partial charge in [-0.15, -0.1) is 11.3 Å². The fourth-order valence-corrected chi connectivity index (χ4v) is 2.33. The van der Waals surface area contributed by atoms with E-state index in [1.165, 1.54) is 31.0 Å². The third-order valence-corrected chi connectivity index (χ3v) is 3.51. The van der Waals surface area contributed by atoms with Crippen LogP contribution in [0, 0.1) is 0 Å².